The molecule has 0 unspecified atom stereocenters. The van der Waals surface area contributed by atoms with E-state index in [1.54, 1.807) is 6.92 Å². The van der Waals surface area contributed by atoms with Crippen LogP contribution in [0.1, 0.15) is 41.2 Å². The maximum absolute atomic E-state index is 13.9. The van der Waals surface area contributed by atoms with Gasteiger partial charge in [-0.1, -0.05) is 23.8 Å². The van der Waals surface area contributed by atoms with E-state index in [0.29, 0.717) is 12.2 Å². The van der Waals surface area contributed by atoms with Gasteiger partial charge in [0, 0.05) is 6.42 Å². The van der Waals surface area contributed by atoms with Crippen LogP contribution in [0.4, 0.5) is 8.78 Å². The molecule has 0 fully saturated rings. The van der Waals surface area contributed by atoms with E-state index in [0.717, 1.165) is 6.42 Å². The van der Waals surface area contributed by atoms with Crippen molar-refractivity contribution in [1.82, 2.24) is 20.5 Å². The molecule has 1 aromatic heterocycles. The first-order valence-corrected chi connectivity index (χ1v) is 7.88. The quantitative estimate of drug-likeness (QED) is 0.817. The highest BCUT2D eigenvalue weighted by molar-refractivity contribution is 5.75. The van der Waals surface area contributed by atoms with Crippen molar-refractivity contribution < 1.29 is 13.6 Å². The fraction of sp³-hybridized carbons (Fsp3) is 0.471. The van der Waals surface area contributed by atoms with E-state index in [-0.39, 0.29) is 6.42 Å². The molecule has 0 saturated heterocycles. The van der Waals surface area contributed by atoms with Gasteiger partial charge in [0.2, 0.25) is 11.7 Å². The third-order valence-corrected chi connectivity index (χ3v) is 3.79. The Kier molecular flexibility index (Phi) is 5.64. The molecule has 0 aliphatic rings. The van der Waals surface area contributed by atoms with E-state index in [1.165, 1.54) is 16.7 Å². The van der Waals surface area contributed by atoms with Crippen LogP contribution in [0.2, 0.25) is 0 Å². The predicted octanol–water partition coefficient (Wildman–Crippen LogP) is 2.96. The summed E-state index contributed by atoms with van der Waals surface area (Å²) in [6.07, 6.45) is 1.56. The van der Waals surface area contributed by atoms with Crippen molar-refractivity contribution in [3.05, 3.63) is 46.5 Å². The molecule has 5 nitrogen and oxygen atoms in total. The maximum Gasteiger partial charge on any atom is 0.325 e. The van der Waals surface area contributed by atoms with Gasteiger partial charge >= 0.3 is 5.92 Å². The first kappa shape index (κ1) is 18.0. The first-order chi connectivity index (χ1) is 11.3. The second-order valence-corrected chi connectivity index (χ2v) is 6.01. The number of aromatic nitrogens is 3. The lowest BCUT2D eigenvalue weighted by Crippen LogP contribution is -2.35. The highest BCUT2D eigenvalue weighted by Gasteiger charge is 2.36. The van der Waals surface area contributed by atoms with Crippen LogP contribution in [0.5, 0.6) is 0 Å². The van der Waals surface area contributed by atoms with Crippen LogP contribution >= 0.6 is 0 Å². The number of nitrogens with one attached hydrogen (secondary N) is 2. The summed E-state index contributed by atoms with van der Waals surface area (Å²) in [5, 5.41) is 8.08. The predicted molar refractivity (Wildman–Crippen MR) is 86.9 cm³/mol. The van der Waals surface area contributed by atoms with E-state index in [9.17, 15) is 13.6 Å². The fourth-order valence-corrected chi connectivity index (χ4v) is 2.39. The average Bonchev–Trinajstić information content (AvgIpc) is 2.96. The van der Waals surface area contributed by atoms with E-state index >= 15 is 0 Å². The molecule has 0 saturated carbocycles. The molecule has 1 aromatic carbocycles. The number of alkyl halides is 2. The van der Waals surface area contributed by atoms with Gasteiger partial charge in [0.1, 0.15) is 5.82 Å². The molecule has 1 amide bonds. The van der Waals surface area contributed by atoms with Gasteiger partial charge in [0.25, 0.3) is 0 Å². The van der Waals surface area contributed by atoms with Gasteiger partial charge in [-0.25, -0.2) is 4.98 Å². The van der Waals surface area contributed by atoms with Gasteiger partial charge in [-0.3, -0.25) is 9.89 Å². The number of aryl methyl sites for hydroxylation is 4. The van der Waals surface area contributed by atoms with Crippen molar-refractivity contribution >= 4 is 5.91 Å². The normalized spacial score (nSPS) is 11.5. The smallest absolute Gasteiger partial charge is 0.325 e. The highest BCUT2D eigenvalue weighted by Crippen LogP contribution is 2.23. The minimum Gasteiger partial charge on any atom is -0.350 e. The Morgan fingerprint density at radius 1 is 1.29 bits per heavy atom. The molecule has 0 aliphatic heterocycles. The lowest BCUT2D eigenvalue weighted by atomic mass is 10.0. The van der Waals surface area contributed by atoms with Gasteiger partial charge in [-0.15, -0.1) is 0 Å². The summed E-state index contributed by atoms with van der Waals surface area (Å²) in [6, 6.07) is 6.18. The monoisotopic (exact) mass is 336 g/mol. The fourth-order valence-electron chi connectivity index (χ4n) is 2.39. The SMILES string of the molecule is Cc1ccc(C)c(CCCC(=O)NCC(F)(F)c2n[nH]c(C)n2)c1. The van der Waals surface area contributed by atoms with Crippen LogP contribution < -0.4 is 5.32 Å². The van der Waals surface area contributed by atoms with E-state index in [2.05, 4.69) is 26.6 Å². The molecular formula is C17H22F2N4O. The van der Waals surface area contributed by atoms with Crippen molar-refractivity contribution in [3.8, 4) is 0 Å². The summed E-state index contributed by atoms with van der Waals surface area (Å²) in [5.74, 6) is -3.97. The molecule has 0 atom stereocenters. The van der Waals surface area contributed by atoms with Crippen LogP contribution in [-0.2, 0) is 17.1 Å². The van der Waals surface area contributed by atoms with Crippen molar-refractivity contribution in [3.63, 3.8) is 0 Å². The van der Waals surface area contributed by atoms with Gasteiger partial charge in [-0.05, 0) is 44.7 Å². The minimum absolute atomic E-state index is 0.205. The molecule has 0 radical (unpaired) electrons. The maximum atomic E-state index is 13.9. The zero-order valence-corrected chi connectivity index (χ0v) is 14.1. The van der Waals surface area contributed by atoms with Crippen LogP contribution in [0.3, 0.4) is 0 Å². The van der Waals surface area contributed by atoms with Crippen molar-refractivity contribution in [2.24, 2.45) is 0 Å². The molecular weight excluding hydrogens is 314 g/mol. The zero-order chi connectivity index (χ0) is 17.7. The Hall–Kier alpha value is -2.31. The Morgan fingerprint density at radius 3 is 2.71 bits per heavy atom. The lowest BCUT2D eigenvalue weighted by Gasteiger charge is -2.13. The molecule has 0 bridgehead atoms. The van der Waals surface area contributed by atoms with Crippen molar-refractivity contribution in [1.29, 1.82) is 0 Å². The summed E-state index contributed by atoms with van der Waals surface area (Å²) < 4.78 is 27.7. The number of nitrogens with zero attached hydrogens (tertiary/aromatic N) is 2. The van der Waals surface area contributed by atoms with Gasteiger partial charge in [0.15, 0.2) is 0 Å². The number of hydrogen-bond acceptors (Lipinski definition) is 3. The lowest BCUT2D eigenvalue weighted by molar-refractivity contribution is -0.123. The van der Waals surface area contributed by atoms with Crippen molar-refractivity contribution in [2.45, 2.75) is 46.0 Å². The Morgan fingerprint density at radius 2 is 2.04 bits per heavy atom. The number of aromatic amines is 1. The van der Waals surface area contributed by atoms with Crippen LogP contribution in [0.25, 0.3) is 0 Å². The summed E-state index contributed by atoms with van der Waals surface area (Å²) in [7, 11) is 0. The number of rotatable bonds is 7. The summed E-state index contributed by atoms with van der Waals surface area (Å²) in [6.45, 7) is 4.78. The van der Waals surface area contributed by atoms with Gasteiger partial charge in [-0.2, -0.15) is 13.9 Å². The second kappa shape index (κ2) is 7.51. The zero-order valence-electron chi connectivity index (χ0n) is 14.1. The summed E-state index contributed by atoms with van der Waals surface area (Å²) in [5.41, 5.74) is 3.53. The standard InChI is InChI=1S/C17H22F2N4O/c1-11-7-8-12(2)14(9-11)5-4-6-15(24)20-10-17(18,19)16-21-13(3)22-23-16/h7-9H,4-6,10H2,1-3H3,(H,20,24)(H,21,22,23). The molecule has 2 rings (SSSR count). The number of benzene rings is 1. The third kappa shape index (κ3) is 4.84. The molecule has 130 valence electrons. The van der Waals surface area contributed by atoms with E-state index < -0.39 is 24.2 Å². The largest absolute Gasteiger partial charge is 0.350 e. The molecule has 0 aliphatic carbocycles. The Balaban J connectivity index is 1.78. The summed E-state index contributed by atoms with van der Waals surface area (Å²) in [4.78, 5) is 15.4. The Bertz CT molecular complexity index is 712. The summed E-state index contributed by atoms with van der Waals surface area (Å²) >= 11 is 0. The number of halogens is 2. The molecule has 1 heterocycles. The van der Waals surface area contributed by atoms with Gasteiger partial charge in [0.05, 0.1) is 6.54 Å². The molecule has 2 N–H and O–H groups in total. The molecule has 0 spiro atoms. The number of hydrogen-bond donors (Lipinski definition) is 2. The third-order valence-electron chi connectivity index (χ3n) is 3.79. The minimum atomic E-state index is -3.28. The first-order valence-electron chi connectivity index (χ1n) is 7.88. The van der Waals surface area contributed by atoms with E-state index in [1.807, 2.05) is 26.0 Å². The van der Waals surface area contributed by atoms with Crippen LogP contribution in [-0.4, -0.2) is 27.6 Å². The van der Waals surface area contributed by atoms with Gasteiger partial charge < -0.3 is 5.32 Å². The molecule has 2 aromatic rings. The van der Waals surface area contributed by atoms with E-state index in [4.69, 9.17) is 0 Å². The Labute approximate surface area is 139 Å². The molecule has 24 heavy (non-hydrogen) atoms. The number of amides is 1. The van der Waals surface area contributed by atoms with Crippen LogP contribution in [0.15, 0.2) is 18.2 Å². The number of carbonyl (C=O) groups excluding carboxylic acids is 1. The highest BCUT2D eigenvalue weighted by atomic mass is 19.3. The second-order valence-electron chi connectivity index (χ2n) is 6.01. The topological polar surface area (TPSA) is 70.7 Å². The van der Waals surface area contributed by atoms with Crippen molar-refractivity contribution in [2.75, 3.05) is 6.54 Å². The van der Waals surface area contributed by atoms with Crippen LogP contribution in [0, 0.1) is 20.8 Å². The average molecular weight is 336 g/mol. The molecule has 7 heteroatoms. The number of carbonyl (C=O) groups is 1. The number of H-pyrrole nitrogens is 1.